The Bertz CT molecular complexity index is 945. The summed E-state index contributed by atoms with van der Waals surface area (Å²) in [7, 11) is 0. The van der Waals surface area contributed by atoms with Gasteiger partial charge in [-0.25, -0.2) is 0 Å². The molecule has 2 aromatic rings. The Labute approximate surface area is 190 Å². The second-order valence-corrected chi connectivity index (χ2v) is 8.53. The van der Waals surface area contributed by atoms with E-state index in [0.29, 0.717) is 43.2 Å². The molecule has 1 aromatic carbocycles. The van der Waals surface area contributed by atoms with Crippen molar-refractivity contribution in [3.8, 4) is 5.75 Å². The number of carbonyl (C=O) groups excluding carboxylic acids is 1. The third-order valence-electron chi connectivity index (χ3n) is 4.62. The van der Waals surface area contributed by atoms with Gasteiger partial charge in [0.1, 0.15) is 11.4 Å². The SMILES string of the molecule is CCOc1ccc(NC(=O)CSc2nnc(N3CCOCC3)n2CC(C)C)c([N+](=O)[O-])c1. The number of morpholine rings is 1. The average Bonchev–Trinajstić information content (AvgIpc) is 3.15. The van der Waals surface area contributed by atoms with Crippen LogP contribution in [0.2, 0.25) is 0 Å². The summed E-state index contributed by atoms with van der Waals surface area (Å²) < 4.78 is 12.7. The summed E-state index contributed by atoms with van der Waals surface area (Å²) in [5.41, 5.74) is -0.0893. The van der Waals surface area contributed by atoms with E-state index in [4.69, 9.17) is 9.47 Å². The van der Waals surface area contributed by atoms with Gasteiger partial charge in [-0.05, 0) is 25.0 Å². The molecule has 1 aliphatic heterocycles. The van der Waals surface area contributed by atoms with Crippen molar-refractivity contribution in [3.05, 3.63) is 28.3 Å². The molecule has 2 heterocycles. The molecule has 1 saturated heterocycles. The monoisotopic (exact) mass is 464 g/mol. The fraction of sp³-hybridized carbons (Fsp3) is 0.550. The highest BCUT2D eigenvalue weighted by atomic mass is 32.2. The van der Waals surface area contributed by atoms with Gasteiger partial charge in [0.05, 0.1) is 36.6 Å². The third kappa shape index (κ3) is 6.10. The quantitative estimate of drug-likeness (QED) is 0.321. The zero-order chi connectivity index (χ0) is 23.1. The largest absolute Gasteiger partial charge is 0.494 e. The molecule has 11 nitrogen and oxygen atoms in total. The topological polar surface area (TPSA) is 125 Å². The van der Waals surface area contributed by atoms with Gasteiger partial charge in [0.2, 0.25) is 11.9 Å². The van der Waals surface area contributed by atoms with Gasteiger partial charge in [-0.1, -0.05) is 25.6 Å². The van der Waals surface area contributed by atoms with E-state index in [2.05, 4.69) is 34.3 Å². The molecule has 0 atom stereocenters. The minimum Gasteiger partial charge on any atom is -0.494 e. The zero-order valence-corrected chi connectivity index (χ0v) is 19.3. The fourth-order valence-corrected chi connectivity index (χ4v) is 3.99. The van der Waals surface area contributed by atoms with Gasteiger partial charge in [-0.2, -0.15) is 0 Å². The van der Waals surface area contributed by atoms with Crippen molar-refractivity contribution in [2.45, 2.75) is 32.5 Å². The number of ether oxygens (including phenoxy) is 2. The Hall–Kier alpha value is -2.86. The second kappa shape index (κ2) is 11.1. The van der Waals surface area contributed by atoms with Crippen LogP contribution in [0.3, 0.4) is 0 Å². The number of rotatable bonds is 10. The van der Waals surface area contributed by atoms with Gasteiger partial charge >= 0.3 is 0 Å². The van der Waals surface area contributed by atoms with E-state index < -0.39 is 4.92 Å². The van der Waals surface area contributed by atoms with Crippen molar-refractivity contribution in [2.24, 2.45) is 5.92 Å². The number of nitro benzene ring substituents is 1. The predicted molar refractivity (Wildman–Crippen MR) is 122 cm³/mol. The maximum Gasteiger partial charge on any atom is 0.296 e. The average molecular weight is 465 g/mol. The summed E-state index contributed by atoms with van der Waals surface area (Å²) in [5, 5.41) is 23.3. The number of anilines is 2. The first-order chi connectivity index (χ1) is 15.4. The van der Waals surface area contributed by atoms with E-state index in [1.165, 1.54) is 23.9 Å². The van der Waals surface area contributed by atoms with Crippen molar-refractivity contribution in [1.82, 2.24) is 14.8 Å². The number of hydrogen-bond donors (Lipinski definition) is 1. The fourth-order valence-electron chi connectivity index (χ4n) is 3.25. The summed E-state index contributed by atoms with van der Waals surface area (Å²) in [6, 6.07) is 4.37. The lowest BCUT2D eigenvalue weighted by Gasteiger charge is -2.28. The van der Waals surface area contributed by atoms with Crippen LogP contribution in [0.4, 0.5) is 17.3 Å². The lowest BCUT2D eigenvalue weighted by Crippen LogP contribution is -2.38. The number of carbonyl (C=O) groups is 1. The van der Waals surface area contributed by atoms with Gasteiger partial charge in [-0.15, -0.1) is 10.2 Å². The molecule has 1 N–H and O–H groups in total. The van der Waals surface area contributed by atoms with E-state index in [1.54, 1.807) is 13.0 Å². The number of nitro groups is 1. The molecule has 0 spiro atoms. The van der Waals surface area contributed by atoms with Crippen LogP contribution in [-0.4, -0.2) is 64.3 Å². The Morgan fingerprint density at radius 1 is 1.34 bits per heavy atom. The van der Waals surface area contributed by atoms with Crippen LogP contribution >= 0.6 is 11.8 Å². The van der Waals surface area contributed by atoms with Crippen molar-refractivity contribution in [3.63, 3.8) is 0 Å². The molecule has 0 aliphatic carbocycles. The van der Waals surface area contributed by atoms with Crippen LogP contribution in [0.1, 0.15) is 20.8 Å². The van der Waals surface area contributed by atoms with E-state index in [-0.39, 0.29) is 23.0 Å². The standard InChI is InChI=1S/C20H28N6O5S/c1-4-31-15-5-6-16(17(11-15)26(28)29)21-18(27)13-32-20-23-22-19(25(20)12-14(2)3)24-7-9-30-10-8-24/h5-6,11,14H,4,7-10,12-13H2,1-3H3,(H,21,27). The van der Waals surface area contributed by atoms with E-state index in [9.17, 15) is 14.9 Å². The number of amides is 1. The van der Waals surface area contributed by atoms with Crippen molar-refractivity contribution >= 4 is 35.0 Å². The number of aromatic nitrogens is 3. The van der Waals surface area contributed by atoms with Crippen LogP contribution in [0, 0.1) is 16.0 Å². The molecule has 3 rings (SSSR count). The molecule has 1 amide bonds. The highest BCUT2D eigenvalue weighted by Crippen LogP contribution is 2.30. The van der Waals surface area contributed by atoms with Crippen molar-refractivity contribution < 1.29 is 19.2 Å². The summed E-state index contributed by atoms with van der Waals surface area (Å²) in [6.07, 6.45) is 0. The molecule has 1 aromatic heterocycles. The summed E-state index contributed by atoms with van der Waals surface area (Å²) in [5.74, 6) is 1.19. The van der Waals surface area contributed by atoms with Crippen LogP contribution < -0.4 is 15.0 Å². The van der Waals surface area contributed by atoms with Gasteiger partial charge in [-0.3, -0.25) is 19.5 Å². The number of benzene rings is 1. The zero-order valence-electron chi connectivity index (χ0n) is 18.4. The molecule has 1 fully saturated rings. The molecular formula is C20H28N6O5S. The van der Waals surface area contributed by atoms with Crippen molar-refractivity contribution in [2.75, 3.05) is 48.9 Å². The lowest BCUT2D eigenvalue weighted by atomic mass is 10.2. The molecule has 1 aliphatic rings. The Balaban J connectivity index is 1.69. The maximum atomic E-state index is 12.5. The number of nitrogens with zero attached hydrogens (tertiary/aromatic N) is 5. The molecule has 0 bridgehead atoms. The highest BCUT2D eigenvalue weighted by molar-refractivity contribution is 7.99. The third-order valence-corrected chi connectivity index (χ3v) is 5.59. The summed E-state index contributed by atoms with van der Waals surface area (Å²) >= 11 is 1.25. The van der Waals surface area contributed by atoms with E-state index >= 15 is 0 Å². The maximum absolute atomic E-state index is 12.5. The minimum atomic E-state index is -0.543. The van der Waals surface area contributed by atoms with Gasteiger partial charge in [0.15, 0.2) is 5.16 Å². The highest BCUT2D eigenvalue weighted by Gasteiger charge is 2.22. The first-order valence-electron chi connectivity index (χ1n) is 10.5. The van der Waals surface area contributed by atoms with Crippen LogP contribution in [0.5, 0.6) is 5.75 Å². The molecule has 0 unspecified atom stereocenters. The minimum absolute atomic E-state index is 0.0453. The van der Waals surface area contributed by atoms with E-state index in [1.807, 2.05) is 4.57 Å². The molecule has 32 heavy (non-hydrogen) atoms. The first kappa shape index (κ1) is 23.8. The second-order valence-electron chi connectivity index (χ2n) is 7.59. The number of hydrogen-bond acceptors (Lipinski definition) is 9. The first-order valence-corrected chi connectivity index (χ1v) is 11.5. The van der Waals surface area contributed by atoms with Crippen LogP contribution in [-0.2, 0) is 16.1 Å². The molecular weight excluding hydrogens is 436 g/mol. The normalized spacial score (nSPS) is 13.9. The Morgan fingerprint density at radius 2 is 2.09 bits per heavy atom. The molecule has 12 heteroatoms. The molecule has 0 saturated carbocycles. The predicted octanol–water partition coefficient (Wildman–Crippen LogP) is 2.81. The summed E-state index contributed by atoms with van der Waals surface area (Å²) in [6.45, 7) is 9.87. The number of thioether (sulfide) groups is 1. The lowest BCUT2D eigenvalue weighted by molar-refractivity contribution is -0.384. The smallest absolute Gasteiger partial charge is 0.296 e. The molecule has 174 valence electrons. The van der Waals surface area contributed by atoms with Crippen LogP contribution in [0.15, 0.2) is 23.4 Å². The summed E-state index contributed by atoms with van der Waals surface area (Å²) in [4.78, 5) is 25.5. The van der Waals surface area contributed by atoms with Crippen molar-refractivity contribution in [1.29, 1.82) is 0 Å². The Morgan fingerprint density at radius 3 is 2.75 bits per heavy atom. The van der Waals surface area contributed by atoms with E-state index in [0.717, 1.165) is 19.0 Å². The van der Waals surface area contributed by atoms with Crippen LogP contribution in [0.25, 0.3) is 0 Å². The molecule has 0 radical (unpaired) electrons. The Kier molecular flexibility index (Phi) is 8.28. The van der Waals surface area contributed by atoms with Gasteiger partial charge < -0.3 is 19.7 Å². The van der Waals surface area contributed by atoms with Gasteiger partial charge in [0.25, 0.3) is 5.69 Å². The number of nitrogens with one attached hydrogen (secondary N) is 1. The van der Waals surface area contributed by atoms with Gasteiger partial charge in [0, 0.05) is 19.6 Å².